The second kappa shape index (κ2) is 8.40. The Hall–Kier alpha value is -3.62. The van der Waals surface area contributed by atoms with Crippen LogP contribution >= 0.6 is 0 Å². The van der Waals surface area contributed by atoms with E-state index in [1.54, 1.807) is 54.7 Å². The standard InChI is InChI=1S/C21H21FN6O2/c1-14-12-17(2-3-18(14)22)28-13-19(25-26-28)21(30)27-10-6-16(7-11-27)24-20(29)15-4-8-23-9-5-15/h2-5,8-9,12-13,16H,6-7,10-11H2,1H3,(H,24,29). The van der Waals surface area contributed by atoms with Gasteiger partial charge in [0.1, 0.15) is 5.82 Å². The van der Waals surface area contributed by atoms with Gasteiger partial charge in [-0.05, 0) is 55.7 Å². The first-order valence-corrected chi connectivity index (χ1v) is 9.70. The number of halogens is 1. The van der Waals surface area contributed by atoms with E-state index in [1.165, 1.54) is 10.7 Å². The number of nitrogens with zero attached hydrogens (tertiary/aromatic N) is 5. The second-order valence-electron chi connectivity index (χ2n) is 7.26. The molecule has 30 heavy (non-hydrogen) atoms. The quantitative estimate of drug-likeness (QED) is 0.714. The van der Waals surface area contributed by atoms with Crippen molar-refractivity contribution in [2.24, 2.45) is 0 Å². The molecule has 154 valence electrons. The highest BCUT2D eigenvalue weighted by Gasteiger charge is 2.26. The van der Waals surface area contributed by atoms with Crippen molar-refractivity contribution in [1.29, 1.82) is 0 Å². The van der Waals surface area contributed by atoms with E-state index in [0.29, 0.717) is 42.7 Å². The lowest BCUT2D eigenvalue weighted by Gasteiger charge is -2.31. The van der Waals surface area contributed by atoms with Crippen molar-refractivity contribution in [1.82, 2.24) is 30.2 Å². The van der Waals surface area contributed by atoms with Gasteiger partial charge in [-0.3, -0.25) is 14.6 Å². The molecule has 0 bridgehead atoms. The lowest BCUT2D eigenvalue weighted by molar-refractivity contribution is 0.0692. The van der Waals surface area contributed by atoms with Gasteiger partial charge in [-0.1, -0.05) is 5.21 Å². The van der Waals surface area contributed by atoms with Gasteiger partial charge < -0.3 is 10.2 Å². The molecule has 4 rings (SSSR count). The van der Waals surface area contributed by atoms with Gasteiger partial charge in [-0.25, -0.2) is 9.07 Å². The van der Waals surface area contributed by atoms with E-state index < -0.39 is 0 Å². The first-order chi connectivity index (χ1) is 14.5. The van der Waals surface area contributed by atoms with Crippen molar-refractivity contribution in [3.63, 3.8) is 0 Å². The molecule has 0 aliphatic carbocycles. The summed E-state index contributed by atoms with van der Waals surface area (Å²) in [5.41, 5.74) is 1.93. The van der Waals surface area contributed by atoms with E-state index in [0.717, 1.165) is 0 Å². The molecule has 1 aliphatic heterocycles. The molecule has 1 saturated heterocycles. The minimum atomic E-state index is -0.297. The average Bonchev–Trinajstić information content (AvgIpc) is 3.26. The van der Waals surface area contributed by atoms with E-state index in [-0.39, 0.29) is 29.4 Å². The van der Waals surface area contributed by atoms with Crippen LogP contribution in [0, 0.1) is 12.7 Å². The third kappa shape index (κ3) is 4.19. The van der Waals surface area contributed by atoms with Crippen LogP contribution in [0.25, 0.3) is 5.69 Å². The highest BCUT2D eigenvalue weighted by Crippen LogP contribution is 2.16. The minimum absolute atomic E-state index is 0.00703. The number of carbonyl (C=O) groups excluding carboxylic acids is 2. The monoisotopic (exact) mass is 408 g/mol. The molecule has 0 spiro atoms. The molecule has 2 amide bonds. The first-order valence-electron chi connectivity index (χ1n) is 9.70. The second-order valence-corrected chi connectivity index (χ2v) is 7.26. The van der Waals surface area contributed by atoms with Gasteiger partial charge >= 0.3 is 0 Å². The summed E-state index contributed by atoms with van der Waals surface area (Å²) >= 11 is 0. The van der Waals surface area contributed by atoms with Crippen molar-refractivity contribution in [2.45, 2.75) is 25.8 Å². The molecule has 0 unspecified atom stereocenters. The Bertz CT molecular complexity index is 1060. The molecule has 1 fully saturated rings. The lowest BCUT2D eigenvalue weighted by Crippen LogP contribution is -2.46. The zero-order valence-electron chi connectivity index (χ0n) is 16.5. The van der Waals surface area contributed by atoms with Crippen LogP contribution in [-0.4, -0.2) is 55.8 Å². The van der Waals surface area contributed by atoms with Gasteiger partial charge in [-0.2, -0.15) is 0 Å². The van der Waals surface area contributed by atoms with Crippen LogP contribution in [0.5, 0.6) is 0 Å². The van der Waals surface area contributed by atoms with Crippen LogP contribution in [0.4, 0.5) is 4.39 Å². The molecule has 9 heteroatoms. The summed E-state index contributed by atoms with van der Waals surface area (Å²) in [7, 11) is 0. The van der Waals surface area contributed by atoms with Crippen LogP contribution in [0.1, 0.15) is 39.3 Å². The third-order valence-corrected chi connectivity index (χ3v) is 5.18. The van der Waals surface area contributed by atoms with Crippen molar-refractivity contribution in [2.75, 3.05) is 13.1 Å². The van der Waals surface area contributed by atoms with Crippen LogP contribution in [-0.2, 0) is 0 Å². The number of piperidine rings is 1. The third-order valence-electron chi connectivity index (χ3n) is 5.18. The summed E-state index contributed by atoms with van der Waals surface area (Å²) in [6.45, 7) is 2.70. The Morgan fingerprint density at radius 1 is 1.13 bits per heavy atom. The van der Waals surface area contributed by atoms with Gasteiger partial charge in [-0.15, -0.1) is 5.10 Å². The number of nitrogens with one attached hydrogen (secondary N) is 1. The molecule has 3 heterocycles. The summed E-state index contributed by atoms with van der Waals surface area (Å²) < 4.78 is 14.9. The molecule has 1 aromatic carbocycles. The maximum atomic E-state index is 13.5. The molecular formula is C21H21FN6O2. The molecule has 8 nitrogen and oxygen atoms in total. The Labute approximate surface area is 172 Å². The smallest absolute Gasteiger partial charge is 0.276 e. The number of rotatable bonds is 4. The fourth-order valence-electron chi connectivity index (χ4n) is 3.42. The summed E-state index contributed by atoms with van der Waals surface area (Å²) in [6, 6.07) is 7.93. The Kier molecular flexibility index (Phi) is 5.51. The predicted octanol–water partition coefficient (Wildman–Crippen LogP) is 2.14. The number of aromatic nitrogens is 4. The van der Waals surface area contributed by atoms with Gasteiger partial charge in [0.05, 0.1) is 11.9 Å². The maximum absolute atomic E-state index is 13.5. The Balaban J connectivity index is 1.35. The first kappa shape index (κ1) is 19.7. The summed E-state index contributed by atoms with van der Waals surface area (Å²) in [5.74, 6) is -0.646. The highest BCUT2D eigenvalue weighted by atomic mass is 19.1. The lowest BCUT2D eigenvalue weighted by atomic mass is 10.0. The van der Waals surface area contributed by atoms with E-state index in [9.17, 15) is 14.0 Å². The number of hydrogen-bond acceptors (Lipinski definition) is 5. The fourth-order valence-corrected chi connectivity index (χ4v) is 3.42. The van der Waals surface area contributed by atoms with Crippen molar-refractivity contribution >= 4 is 11.8 Å². The van der Waals surface area contributed by atoms with Gasteiger partial charge in [0.15, 0.2) is 5.69 Å². The zero-order valence-corrected chi connectivity index (χ0v) is 16.5. The SMILES string of the molecule is Cc1cc(-n2cc(C(=O)N3CCC(NC(=O)c4ccncc4)CC3)nn2)ccc1F. The molecule has 2 aromatic heterocycles. The van der Waals surface area contributed by atoms with Gasteiger partial charge in [0, 0.05) is 37.1 Å². The highest BCUT2D eigenvalue weighted by molar-refractivity contribution is 5.94. The predicted molar refractivity (Wildman–Crippen MR) is 107 cm³/mol. The van der Waals surface area contributed by atoms with E-state index >= 15 is 0 Å². The number of carbonyl (C=O) groups is 2. The van der Waals surface area contributed by atoms with Crippen LogP contribution < -0.4 is 5.32 Å². The summed E-state index contributed by atoms with van der Waals surface area (Å²) in [5, 5.41) is 11.0. The van der Waals surface area contributed by atoms with Gasteiger partial charge in [0.2, 0.25) is 0 Å². The van der Waals surface area contributed by atoms with E-state index in [1.807, 2.05) is 0 Å². The number of pyridine rings is 1. The Morgan fingerprint density at radius 2 is 1.87 bits per heavy atom. The Morgan fingerprint density at radius 3 is 2.57 bits per heavy atom. The van der Waals surface area contributed by atoms with E-state index in [2.05, 4.69) is 20.6 Å². The van der Waals surface area contributed by atoms with Crippen LogP contribution in [0.3, 0.4) is 0 Å². The van der Waals surface area contributed by atoms with Crippen molar-refractivity contribution in [3.05, 3.63) is 71.6 Å². The normalized spacial score (nSPS) is 14.5. The average molecular weight is 408 g/mol. The number of benzene rings is 1. The summed E-state index contributed by atoms with van der Waals surface area (Å²) in [6.07, 6.45) is 6.03. The fraction of sp³-hybridized carbons (Fsp3) is 0.286. The topological polar surface area (TPSA) is 93.0 Å². The molecule has 3 aromatic rings. The van der Waals surface area contributed by atoms with E-state index in [4.69, 9.17) is 0 Å². The van der Waals surface area contributed by atoms with Crippen molar-refractivity contribution < 1.29 is 14.0 Å². The minimum Gasteiger partial charge on any atom is -0.349 e. The molecule has 0 radical (unpaired) electrons. The molecular weight excluding hydrogens is 387 g/mol. The largest absolute Gasteiger partial charge is 0.349 e. The molecule has 1 N–H and O–H groups in total. The van der Waals surface area contributed by atoms with Crippen LogP contribution in [0.15, 0.2) is 48.9 Å². The number of aryl methyl sites for hydroxylation is 1. The number of likely N-dealkylation sites (tertiary alicyclic amines) is 1. The zero-order chi connectivity index (χ0) is 21.1. The van der Waals surface area contributed by atoms with Crippen molar-refractivity contribution in [3.8, 4) is 5.69 Å². The maximum Gasteiger partial charge on any atom is 0.276 e. The molecule has 0 atom stereocenters. The molecule has 0 saturated carbocycles. The van der Waals surface area contributed by atoms with Gasteiger partial charge in [0.25, 0.3) is 11.8 Å². The molecule has 1 aliphatic rings. The number of amides is 2. The summed E-state index contributed by atoms with van der Waals surface area (Å²) in [4.78, 5) is 30.7. The van der Waals surface area contributed by atoms with Crippen LogP contribution in [0.2, 0.25) is 0 Å². The number of hydrogen-bond donors (Lipinski definition) is 1.